The summed E-state index contributed by atoms with van der Waals surface area (Å²) in [6.45, 7) is 1.40. The summed E-state index contributed by atoms with van der Waals surface area (Å²) in [5.41, 5.74) is -3.39. The number of halogens is 4. The van der Waals surface area contributed by atoms with Gasteiger partial charge in [-0.3, -0.25) is 9.59 Å². The van der Waals surface area contributed by atoms with Crippen LogP contribution in [0.1, 0.15) is 11.1 Å². The lowest BCUT2D eigenvalue weighted by atomic mass is 10.1. The van der Waals surface area contributed by atoms with Crippen molar-refractivity contribution in [3.63, 3.8) is 0 Å². The summed E-state index contributed by atoms with van der Waals surface area (Å²) < 4.78 is 39.1. The second kappa shape index (κ2) is 4.62. The number of nitrogens with one attached hydrogen (secondary N) is 1. The average Bonchev–Trinajstić information content (AvgIpc) is 2.39. The first-order valence-corrected chi connectivity index (χ1v) is 6.09. The molecule has 1 aromatic heterocycles. The van der Waals surface area contributed by atoms with E-state index in [2.05, 4.69) is 20.9 Å². The smallest absolute Gasteiger partial charge is 0.418 e. The van der Waals surface area contributed by atoms with E-state index >= 15 is 0 Å². The van der Waals surface area contributed by atoms with Crippen LogP contribution >= 0.6 is 15.9 Å². The number of aryl methyl sites for hydroxylation is 1. The number of benzene rings is 1. The lowest BCUT2D eigenvalue weighted by Gasteiger charge is -2.12. The van der Waals surface area contributed by atoms with Gasteiger partial charge in [0.1, 0.15) is 0 Å². The molecule has 1 aromatic carbocycles. The Hall–Kier alpha value is -1.83. The second-order valence-electron chi connectivity index (χ2n) is 4.15. The monoisotopic (exact) mass is 349 g/mol. The maximum atomic E-state index is 13.1. The van der Waals surface area contributed by atoms with Crippen molar-refractivity contribution in [1.82, 2.24) is 4.98 Å². The second-order valence-corrected chi connectivity index (χ2v) is 4.94. The zero-order valence-corrected chi connectivity index (χ0v) is 11.5. The molecule has 0 amide bonds. The van der Waals surface area contributed by atoms with E-state index in [-0.39, 0.29) is 15.6 Å². The van der Waals surface area contributed by atoms with Crippen LogP contribution in [-0.4, -0.2) is 10.1 Å². The van der Waals surface area contributed by atoms with E-state index in [1.165, 1.54) is 13.0 Å². The van der Waals surface area contributed by atoms with Crippen LogP contribution in [0, 0.1) is 6.92 Å². The molecular weight excluding hydrogens is 343 g/mol. The molecule has 0 fully saturated rings. The van der Waals surface area contributed by atoms with Gasteiger partial charge in [-0.2, -0.15) is 13.2 Å². The third-order valence-corrected chi connectivity index (χ3v) is 3.75. The highest BCUT2D eigenvalue weighted by atomic mass is 79.9. The van der Waals surface area contributed by atoms with Crippen molar-refractivity contribution in [3.05, 3.63) is 48.3 Å². The van der Waals surface area contributed by atoms with Gasteiger partial charge in [-0.15, -0.1) is 0 Å². The maximum Gasteiger partial charge on any atom is 0.418 e. The van der Waals surface area contributed by atoms with Gasteiger partial charge in [0.2, 0.25) is 0 Å². The quantitative estimate of drug-likeness (QED) is 0.768. The third kappa shape index (κ3) is 2.31. The van der Waals surface area contributed by atoms with Gasteiger partial charge >= 0.3 is 6.18 Å². The van der Waals surface area contributed by atoms with Gasteiger partial charge in [0.25, 0.3) is 5.56 Å². The summed E-state index contributed by atoms with van der Waals surface area (Å²) in [6.07, 6.45) is -4.79. The normalized spacial score (nSPS) is 11.8. The molecular formula is C12H7BrF3NO3. The molecule has 0 aliphatic carbocycles. The maximum absolute atomic E-state index is 13.1. The number of alkyl halides is 3. The molecule has 2 rings (SSSR count). The van der Waals surface area contributed by atoms with E-state index < -0.39 is 33.9 Å². The van der Waals surface area contributed by atoms with E-state index in [1.54, 1.807) is 0 Å². The number of aromatic amines is 1. The van der Waals surface area contributed by atoms with Gasteiger partial charge in [0, 0.05) is 10.5 Å². The standard InChI is InChI=1S/C12H7BrF3NO3/c1-4-2-5-8(9(10(4)13)12(14,15)16)6(18)3-7(19)11(20)17-5/h2-3,19H,1H3,(H,17,20). The molecule has 2 aromatic rings. The lowest BCUT2D eigenvalue weighted by Crippen LogP contribution is -2.12. The molecule has 0 saturated carbocycles. The van der Waals surface area contributed by atoms with Gasteiger partial charge in [-0.1, -0.05) is 0 Å². The summed E-state index contributed by atoms with van der Waals surface area (Å²) in [5, 5.41) is 8.57. The van der Waals surface area contributed by atoms with Crippen LogP contribution in [-0.2, 0) is 6.18 Å². The van der Waals surface area contributed by atoms with Crippen LogP contribution in [0.3, 0.4) is 0 Å². The minimum absolute atomic E-state index is 0.200. The van der Waals surface area contributed by atoms with Crippen molar-refractivity contribution in [2.24, 2.45) is 0 Å². The number of hydrogen-bond acceptors (Lipinski definition) is 3. The predicted molar refractivity (Wildman–Crippen MR) is 69.9 cm³/mol. The fourth-order valence-electron chi connectivity index (χ4n) is 1.86. The molecule has 0 spiro atoms. The van der Waals surface area contributed by atoms with Crippen LogP contribution in [0.15, 0.2) is 26.2 Å². The zero-order chi connectivity index (χ0) is 15.2. The van der Waals surface area contributed by atoms with Gasteiger partial charge < -0.3 is 10.1 Å². The average molecular weight is 350 g/mol. The number of H-pyrrole nitrogens is 1. The van der Waals surface area contributed by atoms with Crippen molar-refractivity contribution in [2.45, 2.75) is 13.1 Å². The molecule has 106 valence electrons. The highest BCUT2D eigenvalue weighted by Gasteiger charge is 2.36. The minimum Gasteiger partial charge on any atom is -0.503 e. The van der Waals surface area contributed by atoms with E-state index in [4.69, 9.17) is 0 Å². The Balaban J connectivity index is 3.22. The van der Waals surface area contributed by atoms with Crippen LogP contribution in [0.4, 0.5) is 13.2 Å². The Morgan fingerprint density at radius 2 is 1.85 bits per heavy atom. The van der Waals surface area contributed by atoms with Crippen LogP contribution in [0.2, 0.25) is 0 Å². The Kier molecular flexibility index (Phi) is 3.37. The Labute approximate surface area is 118 Å². The van der Waals surface area contributed by atoms with E-state index in [0.29, 0.717) is 6.07 Å². The number of fused-ring (bicyclic) bond motifs is 1. The first-order valence-electron chi connectivity index (χ1n) is 5.29. The van der Waals surface area contributed by atoms with Crippen molar-refractivity contribution < 1.29 is 18.3 Å². The topological polar surface area (TPSA) is 70.2 Å². The molecule has 1 heterocycles. The predicted octanol–water partition coefficient (Wildman–Crippen LogP) is 2.68. The minimum atomic E-state index is -4.79. The van der Waals surface area contributed by atoms with E-state index in [1.807, 2.05) is 0 Å². The van der Waals surface area contributed by atoms with Gasteiger partial charge in [-0.05, 0) is 34.5 Å². The third-order valence-electron chi connectivity index (χ3n) is 2.72. The van der Waals surface area contributed by atoms with Crippen LogP contribution < -0.4 is 11.0 Å². The fourth-order valence-corrected chi connectivity index (χ4v) is 2.40. The summed E-state index contributed by atoms with van der Waals surface area (Å²) in [4.78, 5) is 25.3. The molecule has 8 heteroatoms. The molecule has 0 radical (unpaired) electrons. The lowest BCUT2D eigenvalue weighted by molar-refractivity contribution is -0.136. The first-order chi connectivity index (χ1) is 9.12. The zero-order valence-electron chi connectivity index (χ0n) is 9.93. The van der Waals surface area contributed by atoms with Crippen LogP contribution in [0.25, 0.3) is 10.9 Å². The van der Waals surface area contributed by atoms with Gasteiger partial charge in [-0.25, -0.2) is 0 Å². The number of hydrogen-bond donors (Lipinski definition) is 2. The van der Waals surface area contributed by atoms with Crippen molar-refractivity contribution in [3.8, 4) is 5.75 Å². The summed E-state index contributed by atoms with van der Waals surface area (Å²) in [5.74, 6) is -0.937. The largest absolute Gasteiger partial charge is 0.503 e. The molecule has 4 nitrogen and oxygen atoms in total. The highest BCUT2D eigenvalue weighted by molar-refractivity contribution is 9.10. The van der Waals surface area contributed by atoms with Gasteiger partial charge in [0.15, 0.2) is 11.2 Å². The molecule has 0 saturated heterocycles. The summed E-state index contributed by atoms with van der Waals surface area (Å²) in [6, 6.07) is 1.70. The van der Waals surface area contributed by atoms with Crippen molar-refractivity contribution in [2.75, 3.05) is 0 Å². The molecule has 0 unspecified atom stereocenters. The fraction of sp³-hybridized carbons (Fsp3) is 0.167. The highest BCUT2D eigenvalue weighted by Crippen LogP contribution is 2.39. The van der Waals surface area contributed by atoms with E-state index in [9.17, 15) is 27.9 Å². The molecule has 0 bridgehead atoms. The summed E-state index contributed by atoms with van der Waals surface area (Å²) in [7, 11) is 0. The Bertz CT molecular complexity index is 827. The van der Waals surface area contributed by atoms with Crippen molar-refractivity contribution >= 4 is 26.8 Å². The molecule has 0 aliphatic heterocycles. The molecule has 20 heavy (non-hydrogen) atoms. The molecule has 0 aliphatic rings. The SMILES string of the molecule is Cc1cc2[nH]c(=O)c(O)cc(=O)c2c(C(F)(F)F)c1Br. The van der Waals surface area contributed by atoms with E-state index in [0.717, 1.165) is 0 Å². The number of aromatic hydroxyl groups is 1. The Morgan fingerprint density at radius 3 is 2.40 bits per heavy atom. The van der Waals surface area contributed by atoms with Crippen LogP contribution in [0.5, 0.6) is 5.75 Å². The number of aromatic nitrogens is 1. The molecule has 0 atom stereocenters. The Morgan fingerprint density at radius 1 is 1.25 bits per heavy atom. The van der Waals surface area contributed by atoms with Crippen molar-refractivity contribution in [1.29, 1.82) is 0 Å². The summed E-state index contributed by atoms with van der Waals surface area (Å²) >= 11 is 2.81. The number of rotatable bonds is 0. The first kappa shape index (κ1) is 14.6. The molecule has 2 N–H and O–H groups in total. The van der Waals surface area contributed by atoms with Gasteiger partial charge in [0.05, 0.1) is 16.5 Å².